The average molecular weight is 516 g/mol. The number of hydrogen-bond acceptors (Lipinski definition) is 6. The van der Waals surface area contributed by atoms with E-state index in [2.05, 4.69) is 19.9 Å². The van der Waals surface area contributed by atoms with Crippen molar-refractivity contribution >= 4 is 5.65 Å². The highest BCUT2D eigenvalue weighted by Crippen LogP contribution is 2.32. The molecule has 0 spiro atoms. The Morgan fingerprint density at radius 2 is 1.54 bits per heavy atom. The smallest absolute Gasteiger partial charge is 0.441 e. The summed E-state index contributed by atoms with van der Waals surface area (Å²) in [5.41, 5.74) is 1.92. The van der Waals surface area contributed by atoms with Crippen molar-refractivity contribution in [2.45, 2.75) is 26.0 Å². The molecule has 37 heavy (non-hydrogen) atoms. The van der Waals surface area contributed by atoms with Crippen LogP contribution in [0.4, 0.5) is 22.0 Å². The Hall–Kier alpha value is -4.32. The second-order valence-electron chi connectivity index (χ2n) is 7.94. The predicted molar refractivity (Wildman–Crippen MR) is 120 cm³/mol. The number of rotatable bonds is 7. The molecule has 0 N–H and O–H groups in total. The molecule has 3 heterocycles. The number of ether oxygens (including phenoxy) is 2. The zero-order valence-electron chi connectivity index (χ0n) is 19.0. The molecule has 0 aliphatic heterocycles. The Balaban J connectivity index is 1.37. The van der Waals surface area contributed by atoms with Gasteiger partial charge in [-0.3, -0.25) is 4.40 Å². The number of aromatic nitrogens is 4. The third kappa shape index (κ3) is 5.28. The van der Waals surface area contributed by atoms with Crippen LogP contribution in [-0.4, -0.2) is 25.9 Å². The number of nitrogens with zero attached hydrogens (tertiary/aromatic N) is 4. The molecule has 2 aromatic carbocycles. The molecule has 0 saturated carbocycles. The largest absolute Gasteiger partial charge is 0.573 e. The van der Waals surface area contributed by atoms with Crippen LogP contribution in [0.1, 0.15) is 17.3 Å². The number of hydrogen-bond donors (Lipinski definition) is 0. The summed E-state index contributed by atoms with van der Waals surface area (Å²) in [6.45, 7) is 1.05. The number of halogens is 5. The quantitative estimate of drug-likeness (QED) is 0.229. The van der Waals surface area contributed by atoms with Gasteiger partial charge in [0, 0.05) is 11.8 Å². The van der Waals surface area contributed by atoms with Crippen LogP contribution in [0, 0.1) is 6.92 Å². The summed E-state index contributed by atoms with van der Waals surface area (Å²) >= 11 is 0. The molecule has 0 aliphatic rings. The first kappa shape index (κ1) is 24.4. The molecule has 0 amide bonds. The van der Waals surface area contributed by atoms with Crippen LogP contribution in [0.5, 0.6) is 5.75 Å². The van der Waals surface area contributed by atoms with Gasteiger partial charge in [0.25, 0.3) is 0 Å². The van der Waals surface area contributed by atoms with Crippen LogP contribution in [0.15, 0.2) is 77.3 Å². The number of benzene rings is 2. The van der Waals surface area contributed by atoms with Gasteiger partial charge in [0.05, 0.1) is 6.61 Å². The van der Waals surface area contributed by atoms with Crippen molar-refractivity contribution in [2.75, 3.05) is 0 Å². The maximum absolute atomic E-state index is 15.1. The minimum absolute atomic E-state index is 0.128. The van der Waals surface area contributed by atoms with Gasteiger partial charge in [0.2, 0.25) is 11.7 Å². The molecule has 12 heteroatoms. The molecule has 0 unspecified atom stereocenters. The third-order valence-corrected chi connectivity index (χ3v) is 5.39. The summed E-state index contributed by atoms with van der Waals surface area (Å²) < 4.78 is 82.8. The fourth-order valence-corrected chi connectivity index (χ4v) is 3.60. The zero-order chi connectivity index (χ0) is 26.2. The molecule has 190 valence electrons. The van der Waals surface area contributed by atoms with Crippen LogP contribution in [0.2, 0.25) is 0 Å². The number of oxazole rings is 1. The molecular formula is C25H17F5N4O3. The van der Waals surface area contributed by atoms with E-state index >= 15 is 8.78 Å². The van der Waals surface area contributed by atoms with Gasteiger partial charge in [-0.2, -0.15) is 8.78 Å². The van der Waals surface area contributed by atoms with E-state index in [1.165, 1.54) is 24.4 Å². The molecule has 3 aromatic heterocycles. The van der Waals surface area contributed by atoms with Gasteiger partial charge in [0.15, 0.2) is 5.65 Å². The second kappa shape index (κ2) is 9.28. The van der Waals surface area contributed by atoms with E-state index in [1.807, 2.05) is 6.07 Å². The maximum atomic E-state index is 15.1. The maximum Gasteiger partial charge on any atom is 0.573 e. The van der Waals surface area contributed by atoms with Gasteiger partial charge in [-0.1, -0.05) is 30.3 Å². The summed E-state index contributed by atoms with van der Waals surface area (Å²) in [6.07, 6.45) is -7.33. The van der Waals surface area contributed by atoms with E-state index in [9.17, 15) is 13.2 Å². The average Bonchev–Trinajstić information content (AvgIpc) is 3.46. The molecule has 0 atom stereocenters. The standard InChI is InChI=1S/C25H17F5N4O3/c1-15-20(31-22(36-15)17-5-3-2-4-6-17)14-35-24(26,27)23-33-32-21-12-9-18(13-34(21)23)16-7-10-19(11-8-16)37-25(28,29)30/h2-13H,14H2,1H3. The van der Waals surface area contributed by atoms with Gasteiger partial charge in [-0.15, -0.1) is 23.4 Å². The number of aryl methyl sites for hydroxylation is 1. The van der Waals surface area contributed by atoms with E-state index in [0.29, 0.717) is 22.5 Å². The summed E-state index contributed by atoms with van der Waals surface area (Å²) in [5.74, 6) is -0.558. The lowest BCUT2D eigenvalue weighted by atomic mass is 10.1. The first-order chi connectivity index (χ1) is 17.6. The highest BCUT2D eigenvalue weighted by molar-refractivity contribution is 5.65. The second-order valence-corrected chi connectivity index (χ2v) is 7.94. The lowest BCUT2D eigenvalue weighted by Gasteiger charge is -2.15. The molecule has 0 fully saturated rings. The third-order valence-electron chi connectivity index (χ3n) is 5.39. The number of alkyl halides is 5. The van der Waals surface area contributed by atoms with Crippen molar-refractivity contribution < 1.29 is 35.8 Å². The lowest BCUT2D eigenvalue weighted by molar-refractivity contribution is -0.274. The summed E-state index contributed by atoms with van der Waals surface area (Å²) in [7, 11) is 0. The molecule has 5 rings (SSSR count). The Morgan fingerprint density at radius 1 is 0.838 bits per heavy atom. The minimum Gasteiger partial charge on any atom is -0.441 e. The Kier molecular flexibility index (Phi) is 6.12. The van der Waals surface area contributed by atoms with E-state index in [4.69, 9.17) is 9.15 Å². The van der Waals surface area contributed by atoms with Gasteiger partial charge < -0.3 is 13.9 Å². The molecule has 0 aliphatic carbocycles. The van der Waals surface area contributed by atoms with Gasteiger partial charge >= 0.3 is 12.5 Å². The Labute approximate surface area is 206 Å². The van der Waals surface area contributed by atoms with Crippen molar-refractivity contribution in [1.82, 2.24) is 19.6 Å². The molecule has 7 nitrogen and oxygen atoms in total. The number of fused-ring (bicyclic) bond motifs is 1. The van der Waals surface area contributed by atoms with E-state index in [0.717, 1.165) is 16.5 Å². The topological polar surface area (TPSA) is 74.7 Å². The first-order valence-corrected chi connectivity index (χ1v) is 10.8. The lowest BCUT2D eigenvalue weighted by Crippen LogP contribution is -2.22. The molecule has 0 radical (unpaired) electrons. The van der Waals surface area contributed by atoms with Crippen LogP contribution in [0.3, 0.4) is 0 Å². The van der Waals surface area contributed by atoms with Crippen molar-refractivity contribution in [1.29, 1.82) is 0 Å². The van der Waals surface area contributed by atoms with Crippen LogP contribution in [0.25, 0.3) is 28.2 Å². The summed E-state index contributed by atoms with van der Waals surface area (Å²) in [4.78, 5) is 4.26. The zero-order valence-corrected chi connectivity index (χ0v) is 19.0. The Morgan fingerprint density at radius 3 is 2.24 bits per heavy atom. The fourth-order valence-electron chi connectivity index (χ4n) is 3.60. The molecule has 0 saturated heterocycles. The van der Waals surface area contributed by atoms with Crippen molar-refractivity contribution in [3.05, 3.63) is 90.2 Å². The highest BCUT2D eigenvalue weighted by atomic mass is 19.4. The molecular weight excluding hydrogens is 499 g/mol. The predicted octanol–water partition coefficient (Wildman–Crippen LogP) is 6.52. The Bertz CT molecular complexity index is 1530. The number of pyridine rings is 1. The monoisotopic (exact) mass is 516 g/mol. The van der Waals surface area contributed by atoms with E-state index in [-0.39, 0.29) is 17.2 Å². The van der Waals surface area contributed by atoms with Crippen molar-refractivity contribution in [3.8, 4) is 28.3 Å². The van der Waals surface area contributed by atoms with Gasteiger partial charge in [-0.05, 0) is 54.4 Å². The summed E-state index contributed by atoms with van der Waals surface area (Å²) in [6, 6.07) is 17.0. The molecule has 0 bridgehead atoms. The van der Waals surface area contributed by atoms with Crippen LogP contribution >= 0.6 is 0 Å². The van der Waals surface area contributed by atoms with Gasteiger partial charge in [0.1, 0.15) is 17.2 Å². The fraction of sp³-hybridized carbons (Fsp3) is 0.160. The normalized spacial score (nSPS) is 12.3. The molecule has 5 aromatic rings. The highest BCUT2D eigenvalue weighted by Gasteiger charge is 2.39. The van der Waals surface area contributed by atoms with E-state index < -0.39 is 30.7 Å². The van der Waals surface area contributed by atoms with Crippen molar-refractivity contribution in [3.63, 3.8) is 0 Å². The SMILES string of the molecule is Cc1oc(-c2ccccc2)nc1COC(F)(F)c1nnc2ccc(-c3ccc(OC(F)(F)F)cc3)cn12. The van der Waals surface area contributed by atoms with Crippen molar-refractivity contribution in [2.24, 2.45) is 0 Å². The first-order valence-electron chi connectivity index (χ1n) is 10.8. The van der Waals surface area contributed by atoms with E-state index in [1.54, 1.807) is 37.3 Å². The van der Waals surface area contributed by atoms with Gasteiger partial charge in [-0.25, -0.2) is 4.98 Å². The summed E-state index contributed by atoms with van der Waals surface area (Å²) in [5, 5.41) is 7.36. The van der Waals surface area contributed by atoms with Crippen LogP contribution < -0.4 is 4.74 Å². The van der Waals surface area contributed by atoms with Crippen LogP contribution in [-0.2, 0) is 17.5 Å². The minimum atomic E-state index is -4.82.